The van der Waals surface area contributed by atoms with Crippen LogP contribution in [0.5, 0.6) is 0 Å². The van der Waals surface area contributed by atoms with Crippen LogP contribution in [0, 0.1) is 5.92 Å². The number of hydrogen-bond donors (Lipinski definition) is 0. The summed E-state index contributed by atoms with van der Waals surface area (Å²) < 4.78 is 12.1. The van der Waals surface area contributed by atoms with Gasteiger partial charge >= 0.3 is 0 Å². The van der Waals surface area contributed by atoms with Gasteiger partial charge in [0.2, 0.25) is 0 Å². The summed E-state index contributed by atoms with van der Waals surface area (Å²) in [7, 11) is 0. The van der Waals surface area contributed by atoms with Gasteiger partial charge in [0.05, 0.1) is 18.8 Å². The van der Waals surface area contributed by atoms with Gasteiger partial charge in [0.1, 0.15) is 0 Å². The van der Waals surface area contributed by atoms with Gasteiger partial charge in [-0.25, -0.2) is 0 Å². The summed E-state index contributed by atoms with van der Waals surface area (Å²) in [5.41, 5.74) is 0.254. The first-order chi connectivity index (χ1) is 6.74. The lowest BCUT2D eigenvalue weighted by Crippen LogP contribution is -2.36. The van der Waals surface area contributed by atoms with Gasteiger partial charge in [0, 0.05) is 5.92 Å². The predicted molar refractivity (Wildman–Crippen MR) is 65.5 cm³/mol. The Morgan fingerprint density at radius 3 is 2.93 bits per heavy atom. The number of thiocarbonyl (C=S) groups is 1. The normalized spacial score (nSPS) is 30.2. The average molecular weight is 234 g/mol. The van der Waals surface area contributed by atoms with E-state index >= 15 is 0 Å². The van der Waals surface area contributed by atoms with Gasteiger partial charge in [-0.3, -0.25) is 0 Å². The monoisotopic (exact) mass is 234 g/mol. The van der Waals surface area contributed by atoms with Gasteiger partial charge in [-0.15, -0.1) is 0 Å². The minimum Gasteiger partial charge on any atom is -0.480 e. The Hall–Kier alpha value is 0.200. The summed E-state index contributed by atoms with van der Waals surface area (Å²) in [6.45, 7) is 1.64. The lowest BCUT2D eigenvalue weighted by Gasteiger charge is -2.37. The quantitative estimate of drug-likeness (QED) is 0.682. The zero-order chi connectivity index (χ0) is 10.0. The standard InChI is InChI=1S/C10H18O2S2/c1-14-9(13)11-6-8-5-10(12-7-8)3-2-4-10/h8H,2-7,14H2,1H3. The lowest BCUT2D eigenvalue weighted by molar-refractivity contribution is -0.0565. The molecular formula is C10H18O2S2. The minimum absolute atomic E-state index is 0.254. The molecule has 0 aromatic heterocycles. The Balaban J connectivity index is 1.71. The molecule has 1 aliphatic carbocycles. The molecule has 0 aromatic rings. The highest BCUT2D eigenvalue weighted by atomic mass is 32.2. The molecule has 1 saturated heterocycles. The Labute approximate surface area is 94.7 Å². The molecule has 1 unspecified atom stereocenters. The van der Waals surface area contributed by atoms with Crippen LogP contribution in [0.25, 0.3) is 0 Å². The van der Waals surface area contributed by atoms with E-state index in [9.17, 15) is 0 Å². The Kier molecular flexibility index (Phi) is 3.34. The van der Waals surface area contributed by atoms with Crippen LogP contribution in [-0.4, -0.2) is 29.5 Å². The fraction of sp³-hybridized carbons (Fsp3) is 0.900. The molecule has 82 valence electrons. The van der Waals surface area contributed by atoms with Crippen molar-refractivity contribution in [3.8, 4) is 0 Å². The van der Waals surface area contributed by atoms with Crippen molar-refractivity contribution < 1.29 is 9.47 Å². The van der Waals surface area contributed by atoms with Crippen molar-refractivity contribution in [2.24, 2.45) is 5.92 Å². The van der Waals surface area contributed by atoms with E-state index in [2.05, 4.69) is 6.26 Å². The summed E-state index contributed by atoms with van der Waals surface area (Å²) in [6.07, 6.45) is 7.08. The second kappa shape index (κ2) is 4.37. The summed E-state index contributed by atoms with van der Waals surface area (Å²) in [5.74, 6) is 0.574. The third-order valence-corrected chi connectivity index (χ3v) is 4.49. The van der Waals surface area contributed by atoms with E-state index in [1.165, 1.54) is 25.7 Å². The molecule has 1 aliphatic heterocycles. The molecule has 4 heteroatoms. The van der Waals surface area contributed by atoms with Crippen molar-refractivity contribution in [1.82, 2.24) is 0 Å². The molecule has 1 saturated carbocycles. The second-order valence-corrected chi connectivity index (χ2v) is 5.95. The maximum absolute atomic E-state index is 5.83. The zero-order valence-electron chi connectivity index (χ0n) is 8.54. The summed E-state index contributed by atoms with van der Waals surface area (Å²) >= 11 is 5.66. The van der Waals surface area contributed by atoms with E-state index in [-0.39, 0.29) is 5.60 Å². The Bertz CT molecular complexity index is 226. The zero-order valence-corrected chi connectivity index (χ0v) is 10.4. The van der Waals surface area contributed by atoms with Crippen molar-refractivity contribution >= 4 is 28.4 Å². The van der Waals surface area contributed by atoms with E-state index < -0.39 is 0 Å². The van der Waals surface area contributed by atoms with Crippen LogP contribution in [0.2, 0.25) is 0 Å². The van der Waals surface area contributed by atoms with E-state index in [1.54, 1.807) is 0 Å². The van der Waals surface area contributed by atoms with Crippen LogP contribution in [0.15, 0.2) is 0 Å². The molecule has 0 radical (unpaired) electrons. The molecule has 14 heavy (non-hydrogen) atoms. The van der Waals surface area contributed by atoms with Crippen LogP contribution in [0.4, 0.5) is 0 Å². The van der Waals surface area contributed by atoms with Crippen molar-refractivity contribution in [1.29, 1.82) is 0 Å². The highest BCUT2D eigenvalue weighted by Gasteiger charge is 2.45. The van der Waals surface area contributed by atoms with Gasteiger partial charge < -0.3 is 9.47 Å². The van der Waals surface area contributed by atoms with Crippen LogP contribution in [-0.2, 0) is 9.47 Å². The van der Waals surface area contributed by atoms with Crippen LogP contribution < -0.4 is 0 Å². The van der Waals surface area contributed by atoms with E-state index in [4.69, 9.17) is 21.7 Å². The molecule has 0 aromatic carbocycles. The third kappa shape index (κ3) is 2.23. The molecular weight excluding hydrogens is 216 g/mol. The molecule has 2 aliphatic rings. The summed E-state index contributed by atoms with van der Waals surface area (Å²) in [5, 5.41) is 0. The van der Waals surface area contributed by atoms with Gasteiger partial charge in [-0.05, 0) is 44.2 Å². The number of ether oxygens (including phenoxy) is 2. The van der Waals surface area contributed by atoms with E-state index in [1.807, 2.05) is 0 Å². The van der Waals surface area contributed by atoms with Crippen LogP contribution in [0.3, 0.4) is 0 Å². The molecule has 0 amide bonds. The number of hydrogen-bond acceptors (Lipinski definition) is 3. The predicted octanol–water partition coefficient (Wildman–Crippen LogP) is 2.07. The van der Waals surface area contributed by atoms with Gasteiger partial charge in [-0.1, -0.05) is 0 Å². The Morgan fingerprint density at radius 1 is 1.64 bits per heavy atom. The summed E-state index contributed by atoms with van der Waals surface area (Å²) in [6, 6.07) is 0. The van der Waals surface area contributed by atoms with Gasteiger partial charge in [0.15, 0.2) is 4.38 Å². The second-order valence-electron chi connectivity index (χ2n) is 4.27. The highest BCUT2D eigenvalue weighted by molar-refractivity contribution is 8.22. The first-order valence-corrected chi connectivity index (χ1v) is 7.13. The molecule has 1 heterocycles. The van der Waals surface area contributed by atoms with Gasteiger partial charge in [0.25, 0.3) is 0 Å². The molecule has 2 nitrogen and oxygen atoms in total. The van der Waals surface area contributed by atoms with Crippen LogP contribution >= 0.6 is 24.0 Å². The highest BCUT2D eigenvalue weighted by Crippen LogP contribution is 2.45. The topological polar surface area (TPSA) is 18.5 Å². The molecule has 1 spiro atoms. The molecule has 2 rings (SSSR count). The van der Waals surface area contributed by atoms with Crippen molar-refractivity contribution in [2.45, 2.75) is 31.3 Å². The molecule has 1 atom stereocenters. The van der Waals surface area contributed by atoms with Gasteiger partial charge in [-0.2, -0.15) is 11.8 Å². The first-order valence-electron chi connectivity index (χ1n) is 5.23. The van der Waals surface area contributed by atoms with Crippen molar-refractivity contribution in [3.05, 3.63) is 0 Å². The van der Waals surface area contributed by atoms with Crippen molar-refractivity contribution in [3.63, 3.8) is 0 Å². The maximum atomic E-state index is 5.83. The summed E-state index contributed by atoms with van der Waals surface area (Å²) in [4.78, 5) is 0. The lowest BCUT2D eigenvalue weighted by atomic mass is 9.76. The fourth-order valence-corrected chi connectivity index (χ4v) is 2.53. The molecule has 0 bridgehead atoms. The smallest absolute Gasteiger partial charge is 0.196 e. The van der Waals surface area contributed by atoms with Crippen LogP contribution in [0.1, 0.15) is 25.7 Å². The largest absolute Gasteiger partial charge is 0.480 e. The minimum atomic E-state index is 0.254. The molecule has 0 N–H and O–H groups in total. The molecule has 2 fully saturated rings. The fourth-order valence-electron chi connectivity index (χ4n) is 2.23. The first kappa shape index (κ1) is 10.7. The van der Waals surface area contributed by atoms with E-state index in [0.717, 1.165) is 17.6 Å². The van der Waals surface area contributed by atoms with E-state index in [0.29, 0.717) is 17.7 Å². The maximum Gasteiger partial charge on any atom is 0.196 e. The Morgan fingerprint density at radius 2 is 2.43 bits per heavy atom. The third-order valence-electron chi connectivity index (χ3n) is 3.20. The number of rotatable bonds is 2. The average Bonchev–Trinajstić information content (AvgIpc) is 2.58. The van der Waals surface area contributed by atoms with Crippen molar-refractivity contribution in [2.75, 3.05) is 19.5 Å². The SMILES string of the molecule is C[SH2]C(=S)OCC1COC2(CCC2)C1.